The van der Waals surface area contributed by atoms with Gasteiger partial charge in [-0.1, -0.05) is 30.3 Å². The van der Waals surface area contributed by atoms with Crippen LogP contribution in [0.15, 0.2) is 53.5 Å². The van der Waals surface area contributed by atoms with Gasteiger partial charge in [0.05, 0.1) is 13.7 Å². The van der Waals surface area contributed by atoms with Crippen molar-refractivity contribution in [1.29, 1.82) is 0 Å². The lowest BCUT2D eigenvalue weighted by atomic mass is 10.2. The highest BCUT2D eigenvalue weighted by Crippen LogP contribution is 2.22. The number of nitrogens with zero attached hydrogens (tertiary/aromatic N) is 2. The van der Waals surface area contributed by atoms with Crippen LogP contribution in [0, 0.1) is 0 Å². The number of phenols is 1. The Bertz CT molecular complexity index is 661. The molecule has 2 aromatic rings. The first kappa shape index (κ1) is 20.1. The maximum absolute atomic E-state index is 9.94. The quantitative estimate of drug-likeness (QED) is 0.425. The zero-order chi connectivity index (χ0) is 16.7. The van der Waals surface area contributed by atoms with E-state index in [2.05, 4.69) is 10.3 Å². The van der Waals surface area contributed by atoms with Crippen molar-refractivity contribution in [1.82, 2.24) is 10.2 Å². The maximum Gasteiger partial charge on any atom is 0.194 e. The number of aromatic hydroxyl groups is 1. The summed E-state index contributed by atoms with van der Waals surface area (Å²) in [7, 11) is 5.47. The molecule has 0 amide bonds. The van der Waals surface area contributed by atoms with Gasteiger partial charge in [-0.25, -0.2) is 4.99 Å². The molecule has 0 aliphatic heterocycles. The average molecular weight is 441 g/mol. The highest BCUT2D eigenvalue weighted by atomic mass is 127. The molecule has 0 unspecified atom stereocenters. The Morgan fingerprint density at radius 3 is 2.50 bits per heavy atom. The molecule has 0 atom stereocenters. The normalized spacial score (nSPS) is 10.7. The van der Waals surface area contributed by atoms with Crippen LogP contribution in [0.5, 0.6) is 11.5 Å². The second-order valence-corrected chi connectivity index (χ2v) is 5.37. The lowest BCUT2D eigenvalue weighted by Crippen LogP contribution is -2.36. The van der Waals surface area contributed by atoms with Crippen molar-refractivity contribution in [3.05, 3.63) is 59.7 Å². The molecule has 130 valence electrons. The third-order valence-corrected chi connectivity index (χ3v) is 3.40. The topological polar surface area (TPSA) is 57.1 Å². The van der Waals surface area contributed by atoms with Crippen LogP contribution in [-0.4, -0.2) is 37.2 Å². The van der Waals surface area contributed by atoms with Crippen molar-refractivity contribution < 1.29 is 9.84 Å². The van der Waals surface area contributed by atoms with Crippen LogP contribution in [0.1, 0.15) is 11.1 Å². The number of methoxy groups -OCH3 is 1. The smallest absolute Gasteiger partial charge is 0.194 e. The van der Waals surface area contributed by atoms with E-state index in [4.69, 9.17) is 4.74 Å². The van der Waals surface area contributed by atoms with E-state index in [-0.39, 0.29) is 29.7 Å². The van der Waals surface area contributed by atoms with Crippen molar-refractivity contribution in [2.45, 2.75) is 13.1 Å². The van der Waals surface area contributed by atoms with Gasteiger partial charge in [0.15, 0.2) is 5.96 Å². The van der Waals surface area contributed by atoms with Crippen LogP contribution >= 0.6 is 24.0 Å². The summed E-state index contributed by atoms with van der Waals surface area (Å²) in [4.78, 5) is 6.52. The highest BCUT2D eigenvalue weighted by Gasteiger charge is 2.06. The van der Waals surface area contributed by atoms with Gasteiger partial charge < -0.3 is 20.1 Å². The standard InChI is InChI=1S/C18H23N3O2.HI/c1-21(2)18(19-12-14-7-5-4-6-8-14)20-13-15-11-16(23-3)9-10-17(15)22;/h4-11,22H,12-13H2,1-3H3,(H,19,20);1H. The van der Waals surface area contributed by atoms with Gasteiger partial charge in [0.2, 0.25) is 0 Å². The summed E-state index contributed by atoms with van der Waals surface area (Å²) < 4.78 is 5.19. The molecule has 0 aliphatic rings. The summed E-state index contributed by atoms with van der Waals surface area (Å²) in [6, 6.07) is 15.3. The van der Waals surface area contributed by atoms with Gasteiger partial charge in [0.25, 0.3) is 0 Å². The van der Waals surface area contributed by atoms with E-state index < -0.39 is 0 Å². The molecule has 0 bridgehead atoms. The predicted molar refractivity (Wildman–Crippen MR) is 108 cm³/mol. The Balaban J connectivity index is 0.00000288. The minimum absolute atomic E-state index is 0. The Hall–Kier alpha value is -1.96. The van der Waals surface area contributed by atoms with Crippen LogP contribution < -0.4 is 10.1 Å². The van der Waals surface area contributed by atoms with Crippen LogP contribution in [0.2, 0.25) is 0 Å². The molecule has 2 N–H and O–H groups in total. The van der Waals surface area contributed by atoms with Crippen LogP contribution in [0.3, 0.4) is 0 Å². The second kappa shape index (κ2) is 10.0. The third-order valence-electron chi connectivity index (χ3n) is 3.40. The van der Waals surface area contributed by atoms with Gasteiger partial charge >= 0.3 is 0 Å². The summed E-state index contributed by atoms with van der Waals surface area (Å²) in [6.07, 6.45) is 0. The van der Waals surface area contributed by atoms with Gasteiger partial charge in [-0.15, -0.1) is 24.0 Å². The largest absolute Gasteiger partial charge is 0.508 e. The van der Waals surface area contributed by atoms with Gasteiger partial charge in [0.1, 0.15) is 11.5 Å². The summed E-state index contributed by atoms with van der Waals surface area (Å²) in [6.45, 7) is 1.07. The summed E-state index contributed by atoms with van der Waals surface area (Å²) in [5.74, 6) is 1.71. The number of hydrogen-bond acceptors (Lipinski definition) is 3. The van der Waals surface area contributed by atoms with Crippen LogP contribution in [0.25, 0.3) is 0 Å². The number of nitrogens with one attached hydrogen (secondary N) is 1. The van der Waals surface area contributed by atoms with Crippen LogP contribution in [0.4, 0.5) is 0 Å². The van der Waals surface area contributed by atoms with E-state index in [1.54, 1.807) is 19.2 Å². The zero-order valence-electron chi connectivity index (χ0n) is 14.2. The molecule has 0 saturated carbocycles. The fraction of sp³-hybridized carbons (Fsp3) is 0.278. The fourth-order valence-electron chi connectivity index (χ4n) is 2.11. The monoisotopic (exact) mass is 441 g/mol. The minimum atomic E-state index is 0. The second-order valence-electron chi connectivity index (χ2n) is 5.37. The van der Waals surface area contributed by atoms with Gasteiger partial charge in [-0.3, -0.25) is 0 Å². The van der Waals surface area contributed by atoms with E-state index in [0.717, 1.165) is 17.1 Å². The number of aliphatic imine (C=N–C) groups is 1. The third kappa shape index (κ3) is 5.92. The van der Waals surface area contributed by atoms with E-state index in [1.165, 1.54) is 0 Å². The molecule has 0 aromatic heterocycles. The highest BCUT2D eigenvalue weighted by molar-refractivity contribution is 14.0. The maximum atomic E-state index is 9.94. The molecule has 5 nitrogen and oxygen atoms in total. The Morgan fingerprint density at radius 2 is 1.88 bits per heavy atom. The predicted octanol–water partition coefficient (Wildman–Crippen LogP) is 3.23. The van der Waals surface area contributed by atoms with Crippen molar-refractivity contribution in [3.8, 4) is 11.5 Å². The van der Waals surface area contributed by atoms with Gasteiger partial charge in [-0.2, -0.15) is 0 Å². The first-order valence-corrected chi connectivity index (χ1v) is 7.45. The van der Waals surface area contributed by atoms with E-state index in [9.17, 15) is 5.11 Å². The first-order chi connectivity index (χ1) is 11.1. The molecule has 0 aliphatic carbocycles. The van der Waals surface area contributed by atoms with Crippen molar-refractivity contribution in [2.24, 2.45) is 4.99 Å². The number of guanidine groups is 1. The Morgan fingerprint density at radius 1 is 1.17 bits per heavy atom. The summed E-state index contributed by atoms with van der Waals surface area (Å²) >= 11 is 0. The van der Waals surface area contributed by atoms with Crippen LogP contribution in [-0.2, 0) is 13.1 Å². The molecular formula is C18H24IN3O2. The van der Waals surface area contributed by atoms with Gasteiger partial charge in [-0.05, 0) is 23.8 Å². The molecule has 0 fully saturated rings. The fourth-order valence-corrected chi connectivity index (χ4v) is 2.11. The molecule has 0 spiro atoms. The van der Waals surface area contributed by atoms with Crippen molar-refractivity contribution in [2.75, 3.05) is 21.2 Å². The minimum Gasteiger partial charge on any atom is -0.508 e. The van der Waals surface area contributed by atoms with E-state index >= 15 is 0 Å². The number of hydrogen-bond donors (Lipinski definition) is 2. The first-order valence-electron chi connectivity index (χ1n) is 7.45. The molecule has 24 heavy (non-hydrogen) atoms. The lowest BCUT2D eigenvalue weighted by molar-refractivity contribution is 0.410. The number of phenolic OH excluding ortho intramolecular Hbond substituents is 1. The molecular weight excluding hydrogens is 417 g/mol. The molecule has 2 rings (SSSR count). The number of rotatable bonds is 5. The number of benzene rings is 2. The molecule has 0 saturated heterocycles. The van der Waals surface area contributed by atoms with Gasteiger partial charge in [0, 0.05) is 26.2 Å². The molecule has 6 heteroatoms. The Kier molecular flexibility index (Phi) is 8.39. The SMILES string of the molecule is COc1ccc(O)c(CNC(=NCc2ccccc2)N(C)C)c1.I. The number of ether oxygens (including phenoxy) is 1. The molecule has 0 radical (unpaired) electrons. The van der Waals surface area contributed by atoms with Crippen molar-refractivity contribution in [3.63, 3.8) is 0 Å². The summed E-state index contributed by atoms with van der Waals surface area (Å²) in [5, 5.41) is 13.2. The zero-order valence-corrected chi connectivity index (χ0v) is 16.5. The summed E-state index contributed by atoms with van der Waals surface area (Å²) in [5.41, 5.74) is 1.91. The Labute approximate surface area is 160 Å². The lowest BCUT2D eigenvalue weighted by Gasteiger charge is -2.18. The molecule has 0 heterocycles. The van der Waals surface area contributed by atoms with Crippen molar-refractivity contribution >= 4 is 29.9 Å². The van der Waals surface area contributed by atoms with E-state index in [1.807, 2.05) is 55.4 Å². The molecule has 2 aromatic carbocycles. The average Bonchev–Trinajstić information content (AvgIpc) is 2.57. The number of halogens is 1. The van der Waals surface area contributed by atoms with E-state index in [0.29, 0.717) is 18.8 Å².